The van der Waals surface area contributed by atoms with E-state index in [1.165, 1.54) is 14.2 Å². The van der Waals surface area contributed by atoms with Crippen molar-refractivity contribution < 1.29 is 9.47 Å². The van der Waals surface area contributed by atoms with Crippen molar-refractivity contribution >= 4 is 0 Å². The van der Waals surface area contributed by atoms with E-state index < -0.39 is 0 Å². The van der Waals surface area contributed by atoms with Crippen molar-refractivity contribution in [2.24, 2.45) is 0 Å². The van der Waals surface area contributed by atoms with Crippen molar-refractivity contribution in [3.05, 3.63) is 17.5 Å². The summed E-state index contributed by atoms with van der Waals surface area (Å²) in [5.41, 5.74) is 1.82. The second-order valence-electron chi connectivity index (χ2n) is 3.45. The number of hydrogen-bond acceptors (Lipinski definition) is 6. The molecule has 90 valence electrons. The zero-order valence-electron chi connectivity index (χ0n) is 10.1. The standard InChI is InChI=1S/C10H13N5O2/c1-6-5-7(2)15(14-6)8-11-9(16-3)13-10(12-8)17-4/h5H,1-4H3. The first-order valence-corrected chi connectivity index (χ1v) is 5.01. The van der Waals surface area contributed by atoms with E-state index in [4.69, 9.17) is 9.47 Å². The highest BCUT2D eigenvalue weighted by Gasteiger charge is 2.11. The van der Waals surface area contributed by atoms with Gasteiger partial charge in [0.2, 0.25) is 0 Å². The smallest absolute Gasteiger partial charge is 0.324 e. The first-order valence-electron chi connectivity index (χ1n) is 5.01. The van der Waals surface area contributed by atoms with Gasteiger partial charge in [-0.25, -0.2) is 4.68 Å². The monoisotopic (exact) mass is 235 g/mol. The van der Waals surface area contributed by atoms with Crippen molar-refractivity contribution in [1.29, 1.82) is 0 Å². The van der Waals surface area contributed by atoms with E-state index in [1.54, 1.807) is 4.68 Å². The van der Waals surface area contributed by atoms with Crippen LogP contribution in [-0.2, 0) is 0 Å². The second-order valence-corrected chi connectivity index (χ2v) is 3.45. The minimum atomic E-state index is 0.194. The molecule has 0 atom stereocenters. The molecule has 0 aliphatic heterocycles. The number of methoxy groups -OCH3 is 2. The fourth-order valence-electron chi connectivity index (χ4n) is 1.44. The summed E-state index contributed by atoms with van der Waals surface area (Å²) in [5, 5.41) is 4.28. The molecule has 7 nitrogen and oxygen atoms in total. The molecular formula is C10H13N5O2. The number of aromatic nitrogens is 5. The molecule has 2 aromatic rings. The lowest BCUT2D eigenvalue weighted by Gasteiger charge is -2.05. The van der Waals surface area contributed by atoms with Gasteiger partial charge in [0, 0.05) is 5.69 Å². The Bertz CT molecular complexity index is 515. The summed E-state index contributed by atoms with van der Waals surface area (Å²) >= 11 is 0. The summed E-state index contributed by atoms with van der Waals surface area (Å²) in [6.07, 6.45) is 0. The van der Waals surface area contributed by atoms with Crippen molar-refractivity contribution in [2.45, 2.75) is 13.8 Å². The molecule has 0 N–H and O–H groups in total. The van der Waals surface area contributed by atoms with Crippen LogP contribution in [0.15, 0.2) is 6.07 Å². The molecule has 0 fully saturated rings. The fourth-order valence-corrected chi connectivity index (χ4v) is 1.44. The van der Waals surface area contributed by atoms with E-state index in [0.717, 1.165) is 11.4 Å². The predicted octanol–water partition coefficient (Wildman–Crippen LogP) is 0.691. The molecule has 0 bridgehead atoms. The molecule has 17 heavy (non-hydrogen) atoms. The summed E-state index contributed by atoms with van der Waals surface area (Å²) in [5.74, 6) is 0.374. The van der Waals surface area contributed by atoms with Gasteiger partial charge in [0.25, 0.3) is 5.95 Å². The van der Waals surface area contributed by atoms with Crippen LogP contribution < -0.4 is 9.47 Å². The Kier molecular flexibility index (Phi) is 2.90. The van der Waals surface area contributed by atoms with Crippen LogP contribution in [0.1, 0.15) is 11.4 Å². The first-order chi connectivity index (χ1) is 8.13. The quantitative estimate of drug-likeness (QED) is 0.779. The van der Waals surface area contributed by atoms with Crippen molar-refractivity contribution in [2.75, 3.05) is 14.2 Å². The normalized spacial score (nSPS) is 10.4. The third kappa shape index (κ3) is 2.17. The van der Waals surface area contributed by atoms with Crippen LogP contribution in [0, 0.1) is 13.8 Å². The van der Waals surface area contributed by atoms with Crippen LogP contribution in [-0.4, -0.2) is 39.0 Å². The van der Waals surface area contributed by atoms with E-state index in [-0.39, 0.29) is 12.0 Å². The van der Waals surface area contributed by atoms with Crippen LogP contribution in [0.2, 0.25) is 0 Å². The van der Waals surface area contributed by atoms with Crippen molar-refractivity contribution in [1.82, 2.24) is 24.7 Å². The summed E-state index contributed by atoms with van der Waals surface area (Å²) in [6.45, 7) is 3.82. The van der Waals surface area contributed by atoms with E-state index in [1.807, 2.05) is 19.9 Å². The molecule has 2 heterocycles. The van der Waals surface area contributed by atoms with Crippen molar-refractivity contribution in [3.63, 3.8) is 0 Å². The SMILES string of the molecule is COc1nc(OC)nc(-n2nc(C)cc2C)n1. The number of ether oxygens (including phenoxy) is 2. The lowest BCUT2D eigenvalue weighted by atomic mass is 10.4. The molecule has 0 aromatic carbocycles. The van der Waals surface area contributed by atoms with Gasteiger partial charge in [-0.15, -0.1) is 4.98 Å². The van der Waals surface area contributed by atoms with Gasteiger partial charge >= 0.3 is 12.0 Å². The molecular weight excluding hydrogens is 222 g/mol. The highest BCUT2D eigenvalue weighted by molar-refractivity contribution is 5.21. The Hall–Kier alpha value is -2.18. The zero-order valence-corrected chi connectivity index (χ0v) is 10.1. The van der Waals surface area contributed by atoms with Gasteiger partial charge < -0.3 is 9.47 Å². The number of hydrogen-bond donors (Lipinski definition) is 0. The van der Waals surface area contributed by atoms with Gasteiger partial charge in [-0.3, -0.25) is 0 Å². The number of rotatable bonds is 3. The first kappa shape index (κ1) is 11.3. The molecule has 2 rings (SSSR count). The summed E-state index contributed by atoms with van der Waals surface area (Å²) in [7, 11) is 2.97. The minimum absolute atomic E-state index is 0.194. The minimum Gasteiger partial charge on any atom is -0.467 e. The third-order valence-corrected chi connectivity index (χ3v) is 2.15. The average molecular weight is 235 g/mol. The molecule has 0 spiro atoms. The van der Waals surface area contributed by atoms with Gasteiger partial charge in [0.15, 0.2) is 0 Å². The largest absolute Gasteiger partial charge is 0.467 e. The molecule has 0 amide bonds. The number of nitrogens with zero attached hydrogens (tertiary/aromatic N) is 5. The average Bonchev–Trinajstić information content (AvgIpc) is 2.67. The Morgan fingerprint density at radius 3 is 2.00 bits per heavy atom. The maximum atomic E-state index is 4.98. The van der Waals surface area contributed by atoms with Gasteiger partial charge in [-0.05, 0) is 19.9 Å². The van der Waals surface area contributed by atoms with Crippen LogP contribution in [0.25, 0.3) is 5.95 Å². The molecule has 0 aliphatic carbocycles. The highest BCUT2D eigenvalue weighted by Crippen LogP contribution is 2.13. The topological polar surface area (TPSA) is 75.0 Å². The highest BCUT2D eigenvalue weighted by atomic mass is 16.5. The molecule has 0 unspecified atom stereocenters. The van der Waals surface area contributed by atoms with Crippen LogP contribution in [0.5, 0.6) is 12.0 Å². The molecule has 0 saturated heterocycles. The second kappa shape index (κ2) is 4.36. The van der Waals surface area contributed by atoms with Crippen LogP contribution >= 0.6 is 0 Å². The van der Waals surface area contributed by atoms with Gasteiger partial charge in [0.05, 0.1) is 19.9 Å². The Labute approximate surface area is 98.4 Å². The Morgan fingerprint density at radius 1 is 1.00 bits per heavy atom. The van der Waals surface area contributed by atoms with Crippen LogP contribution in [0.3, 0.4) is 0 Å². The summed E-state index contributed by atoms with van der Waals surface area (Å²) in [6, 6.07) is 2.32. The summed E-state index contributed by atoms with van der Waals surface area (Å²) in [4.78, 5) is 12.2. The summed E-state index contributed by atoms with van der Waals surface area (Å²) < 4.78 is 11.6. The predicted molar refractivity (Wildman–Crippen MR) is 59.5 cm³/mol. The lowest BCUT2D eigenvalue weighted by molar-refractivity contribution is 0.338. The lowest BCUT2D eigenvalue weighted by Crippen LogP contribution is -2.08. The molecule has 0 aliphatic rings. The molecule has 0 saturated carbocycles. The fraction of sp³-hybridized carbons (Fsp3) is 0.400. The Morgan fingerprint density at radius 2 is 1.59 bits per heavy atom. The zero-order chi connectivity index (χ0) is 12.4. The van der Waals surface area contributed by atoms with Crippen LogP contribution in [0.4, 0.5) is 0 Å². The molecule has 7 heteroatoms. The van der Waals surface area contributed by atoms with E-state index in [9.17, 15) is 0 Å². The van der Waals surface area contributed by atoms with E-state index in [2.05, 4.69) is 20.1 Å². The Balaban J connectivity index is 2.54. The third-order valence-electron chi connectivity index (χ3n) is 2.15. The molecule has 2 aromatic heterocycles. The number of aryl methyl sites for hydroxylation is 2. The van der Waals surface area contributed by atoms with E-state index >= 15 is 0 Å². The van der Waals surface area contributed by atoms with Gasteiger partial charge in [-0.1, -0.05) is 0 Å². The van der Waals surface area contributed by atoms with Gasteiger partial charge in [0.1, 0.15) is 0 Å². The maximum Gasteiger partial charge on any atom is 0.324 e. The van der Waals surface area contributed by atoms with Crippen molar-refractivity contribution in [3.8, 4) is 18.0 Å². The maximum absolute atomic E-state index is 4.98. The molecule has 0 radical (unpaired) electrons. The van der Waals surface area contributed by atoms with Gasteiger partial charge in [-0.2, -0.15) is 15.1 Å². The van der Waals surface area contributed by atoms with E-state index in [0.29, 0.717) is 5.95 Å².